The average molecular weight is 420 g/mol. The van der Waals surface area contributed by atoms with Crippen molar-refractivity contribution in [1.82, 2.24) is 19.3 Å². The number of halogens is 1. The van der Waals surface area contributed by atoms with E-state index in [1.54, 1.807) is 27.4 Å². The van der Waals surface area contributed by atoms with Gasteiger partial charge in [-0.3, -0.25) is 18.8 Å². The number of amides is 1. The van der Waals surface area contributed by atoms with Crippen molar-refractivity contribution in [2.75, 3.05) is 11.1 Å². The Hall–Kier alpha value is -2.32. The number of hydrogen-bond donors (Lipinski definition) is 1. The third-order valence-electron chi connectivity index (χ3n) is 4.45. The molecule has 7 nitrogen and oxygen atoms in total. The molecule has 0 bridgehead atoms. The van der Waals surface area contributed by atoms with Gasteiger partial charge in [0.15, 0.2) is 5.16 Å². The number of rotatable bonds is 5. The van der Waals surface area contributed by atoms with Crippen LogP contribution < -0.4 is 10.9 Å². The largest absolute Gasteiger partial charge is 0.322 e. The van der Waals surface area contributed by atoms with Crippen LogP contribution >= 0.6 is 23.4 Å². The summed E-state index contributed by atoms with van der Waals surface area (Å²) in [5.74, 6) is -0.0566. The smallest absolute Gasteiger partial charge is 0.262 e. The fourth-order valence-electron chi connectivity index (χ4n) is 2.97. The predicted molar refractivity (Wildman–Crippen MR) is 113 cm³/mol. The second-order valence-electron chi connectivity index (χ2n) is 6.83. The van der Waals surface area contributed by atoms with E-state index in [9.17, 15) is 9.59 Å². The van der Waals surface area contributed by atoms with Crippen molar-refractivity contribution in [1.29, 1.82) is 0 Å². The maximum Gasteiger partial charge on any atom is 0.262 e. The molecule has 9 heteroatoms. The van der Waals surface area contributed by atoms with Gasteiger partial charge in [-0.25, -0.2) is 4.98 Å². The third kappa shape index (κ3) is 3.93. The van der Waals surface area contributed by atoms with E-state index in [0.29, 0.717) is 26.8 Å². The number of benzene rings is 1. The van der Waals surface area contributed by atoms with Gasteiger partial charge in [0.1, 0.15) is 0 Å². The Labute approximate surface area is 172 Å². The lowest BCUT2D eigenvalue weighted by atomic mass is 10.2. The zero-order chi connectivity index (χ0) is 20.6. The molecule has 0 aliphatic rings. The molecular formula is C19H22ClN5O2S. The van der Waals surface area contributed by atoms with Crippen LogP contribution in [0.15, 0.2) is 28.2 Å². The first-order valence-electron chi connectivity index (χ1n) is 8.83. The highest BCUT2D eigenvalue weighted by atomic mass is 35.5. The van der Waals surface area contributed by atoms with Gasteiger partial charge in [0, 0.05) is 18.1 Å². The normalized spacial score (nSPS) is 11.4. The van der Waals surface area contributed by atoms with Crippen molar-refractivity contribution in [3.63, 3.8) is 0 Å². The Bertz CT molecular complexity index is 1120. The van der Waals surface area contributed by atoms with Crippen LogP contribution in [0.25, 0.3) is 10.9 Å². The highest BCUT2D eigenvalue weighted by molar-refractivity contribution is 7.99. The zero-order valence-electron chi connectivity index (χ0n) is 16.4. The van der Waals surface area contributed by atoms with Crippen LogP contribution in [0.3, 0.4) is 0 Å². The Morgan fingerprint density at radius 3 is 2.64 bits per heavy atom. The maximum atomic E-state index is 12.9. The quantitative estimate of drug-likeness (QED) is 0.503. The van der Waals surface area contributed by atoms with E-state index >= 15 is 0 Å². The van der Waals surface area contributed by atoms with Gasteiger partial charge in [0.25, 0.3) is 5.56 Å². The van der Waals surface area contributed by atoms with Crippen molar-refractivity contribution in [3.8, 4) is 0 Å². The molecule has 2 heterocycles. The van der Waals surface area contributed by atoms with Crippen LogP contribution in [0.1, 0.15) is 31.3 Å². The fraction of sp³-hybridized carbons (Fsp3) is 0.368. The molecule has 0 fully saturated rings. The molecule has 1 N–H and O–H groups in total. The highest BCUT2D eigenvalue weighted by Gasteiger charge is 2.17. The monoisotopic (exact) mass is 419 g/mol. The molecule has 2 aromatic heterocycles. The summed E-state index contributed by atoms with van der Waals surface area (Å²) < 4.78 is 3.33. The van der Waals surface area contributed by atoms with E-state index in [4.69, 9.17) is 11.6 Å². The number of hydrogen-bond acceptors (Lipinski definition) is 5. The van der Waals surface area contributed by atoms with Crippen molar-refractivity contribution >= 4 is 45.9 Å². The van der Waals surface area contributed by atoms with E-state index < -0.39 is 0 Å². The minimum absolute atomic E-state index is 0.0894. The van der Waals surface area contributed by atoms with E-state index in [-0.39, 0.29) is 23.3 Å². The van der Waals surface area contributed by atoms with Crippen molar-refractivity contribution in [2.24, 2.45) is 7.05 Å². The molecule has 0 saturated carbocycles. The summed E-state index contributed by atoms with van der Waals surface area (Å²) in [6.07, 6.45) is 0. The van der Waals surface area contributed by atoms with Crippen LogP contribution in [0.2, 0.25) is 5.02 Å². The summed E-state index contributed by atoms with van der Waals surface area (Å²) in [7, 11) is 1.83. The first-order chi connectivity index (χ1) is 13.2. The first-order valence-corrected chi connectivity index (χ1v) is 10.2. The number of carbonyl (C=O) groups excluding carboxylic acids is 1. The molecule has 0 radical (unpaired) electrons. The average Bonchev–Trinajstić information content (AvgIpc) is 2.85. The van der Waals surface area contributed by atoms with Crippen molar-refractivity contribution in [2.45, 2.75) is 38.9 Å². The molecule has 148 valence electrons. The third-order valence-corrected chi connectivity index (χ3v) is 5.64. The Morgan fingerprint density at radius 2 is 2.04 bits per heavy atom. The topological polar surface area (TPSA) is 81.8 Å². The SMILES string of the molecule is Cc1nn(C)c(C)c1NC(=O)CSc1nc2cc(Cl)ccc2c(=O)n1C(C)C. The van der Waals surface area contributed by atoms with E-state index in [1.807, 2.05) is 34.7 Å². The van der Waals surface area contributed by atoms with Crippen LogP contribution in [-0.4, -0.2) is 31.0 Å². The minimum atomic E-state index is -0.181. The summed E-state index contributed by atoms with van der Waals surface area (Å²) in [6.45, 7) is 7.57. The van der Waals surface area contributed by atoms with Crippen LogP contribution in [-0.2, 0) is 11.8 Å². The molecule has 28 heavy (non-hydrogen) atoms. The van der Waals surface area contributed by atoms with Crippen LogP contribution in [0.4, 0.5) is 5.69 Å². The van der Waals surface area contributed by atoms with Gasteiger partial charge in [0.2, 0.25) is 5.91 Å². The van der Waals surface area contributed by atoms with Gasteiger partial charge in [-0.2, -0.15) is 5.10 Å². The second-order valence-corrected chi connectivity index (χ2v) is 8.21. The summed E-state index contributed by atoms with van der Waals surface area (Å²) in [6, 6.07) is 4.93. The molecule has 0 unspecified atom stereocenters. The van der Waals surface area contributed by atoms with Gasteiger partial charge in [-0.05, 0) is 45.9 Å². The summed E-state index contributed by atoms with van der Waals surface area (Å²) in [5, 5.41) is 8.71. The van der Waals surface area contributed by atoms with Gasteiger partial charge < -0.3 is 5.32 Å². The van der Waals surface area contributed by atoms with E-state index in [2.05, 4.69) is 15.4 Å². The Morgan fingerprint density at radius 1 is 1.32 bits per heavy atom. The lowest BCUT2D eigenvalue weighted by molar-refractivity contribution is -0.113. The van der Waals surface area contributed by atoms with E-state index in [0.717, 1.165) is 11.4 Å². The molecule has 3 rings (SSSR count). The first kappa shape index (κ1) is 20.4. The molecule has 0 aliphatic carbocycles. The summed E-state index contributed by atoms with van der Waals surface area (Å²) in [4.78, 5) is 29.9. The van der Waals surface area contributed by atoms with Gasteiger partial charge >= 0.3 is 0 Å². The number of carbonyl (C=O) groups is 1. The number of nitrogens with zero attached hydrogens (tertiary/aromatic N) is 4. The van der Waals surface area contributed by atoms with E-state index in [1.165, 1.54) is 11.8 Å². The highest BCUT2D eigenvalue weighted by Crippen LogP contribution is 2.24. The molecule has 3 aromatic rings. The summed E-state index contributed by atoms with van der Waals surface area (Å²) in [5.41, 5.74) is 2.74. The second kappa shape index (κ2) is 7.97. The van der Waals surface area contributed by atoms with Gasteiger partial charge in [-0.15, -0.1) is 0 Å². The minimum Gasteiger partial charge on any atom is -0.322 e. The molecular weight excluding hydrogens is 398 g/mol. The maximum absolute atomic E-state index is 12.9. The number of thioether (sulfide) groups is 1. The lowest BCUT2D eigenvalue weighted by Crippen LogP contribution is -2.25. The van der Waals surface area contributed by atoms with Crippen molar-refractivity contribution < 1.29 is 4.79 Å². The fourth-order valence-corrected chi connectivity index (χ4v) is 4.06. The zero-order valence-corrected chi connectivity index (χ0v) is 18.0. The Kier molecular flexibility index (Phi) is 5.81. The predicted octanol–water partition coefficient (Wildman–Crippen LogP) is 3.71. The molecule has 1 amide bonds. The van der Waals surface area contributed by atoms with Crippen LogP contribution in [0.5, 0.6) is 0 Å². The van der Waals surface area contributed by atoms with Crippen LogP contribution in [0, 0.1) is 13.8 Å². The Balaban J connectivity index is 1.88. The number of fused-ring (bicyclic) bond motifs is 1. The number of nitrogens with one attached hydrogen (secondary N) is 1. The number of aromatic nitrogens is 4. The molecule has 1 aromatic carbocycles. The number of anilines is 1. The summed E-state index contributed by atoms with van der Waals surface area (Å²) >= 11 is 7.27. The molecule has 0 atom stereocenters. The molecule has 0 saturated heterocycles. The van der Waals surface area contributed by atoms with Gasteiger partial charge in [0.05, 0.1) is 33.7 Å². The molecule has 0 spiro atoms. The standard InChI is InChI=1S/C19H22ClN5O2S/c1-10(2)25-18(27)14-7-6-13(20)8-15(14)21-19(25)28-9-16(26)22-17-11(3)23-24(5)12(17)4/h6-8,10H,9H2,1-5H3,(H,22,26). The van der Waals surface area contributed by atoms with Gasteiger partial charge in [-0.1, -0.05) is 23.4 Å². The molecule has 0 aliphatic heterocycles. The van der Waals surface area contributed by atoms with Crippen molar-refractivity contribution in [3.05, 3.63) is 45.0 Å². The lowest BCUT2D eigenvalue weighted by Gasteiger charge is -2.16. The number of aryl methyl sites for hydroxylation is 2.